The number of nitrogens with zero attached hydrogens (tertiary/aromatic N) is 2. The molecule has 3 N–H and O–H groups in total. The minimum atomic E-state index is -1.05. The highest BCUT2D eigenvalue weighted by molar-refractivity contribution is 8.03. The lowest BCUT2D eigenvalue weighted by Crippen LogP contribution is -2.63. The van der Waals surface area contributed by atoms with Crippen LogP contribution in [-0.4, -0.2) is 75.0 Å². The molecule has 4 unspecified atom stereocenters. The van der Waals surface area contributed by atoms with Crippen LogP contribution in [0, 0.1) is 11.8 Å². The molecule has 160 valence electrons. The maximum Gasteiger partial charge on any atom is 0.353 e. The monoisotopic (exact) mass is 421 g/mol. The number of hydrogen-bond donors (Lipinski definition) is 3. The van der Waals surface area contributed by atoms with Gasteiger partial charge in [0, 0.05) is 41.7 Å². The molecule has 1 amide bonds. The van der Waals surface area contributed by atoms with Gasteiger partial charge in [-0.1, -0.05) is 13.0 Å². The van der Waals surface area contributed by atoms with Gasteiger partial charge in [-0.25, -0.2) is 4.79 Å². The van der Waals surface area contributed by atoms with Gasteiger partial charge in [-0.15, -0.1) is 11.8 Å². The molecule has 4 aliphatic rings. The predicted molar refractivity (Wildman–Crippen MR) is 112 cm³/mol. The molecule has 6 atom stereocenters. The molecule has 0 saturated carbocycles. The molecule has 0 spiro atoms. The van der Waals surface area contributed by atoms with E-state index in [0.29, 0.717) is 6.04 Å². The van der Waals surface area contributed by atoms with Gasteiger partial charge in [-0.3, -0.25) is 4.79 Å². The first-order chi connectivity index (χ1) is 13.9. The maximum absolute atomic E-state index is 12.4. The third-order valence-electron chi connectivity index (χ3n) is 6.68. The van der Waals surface area contributed by atoms with Crippen molar-refractivity contribution in [3.63, 3.8) is 0 Å². The van der Waals surface area contributed by atoms with Crippen LogP contribution < -0.4 is 5.32 Å². The normalized spacial score (nSPS) is 36.0. The van der Waals surface area contributed by atoms with E-state index in [0.717, 1.165) is 37.4 Å². The second kappa shape index (κ2) is 8.32. The second-order valence-corrected chi connectivity index (χ2v) is 10.0. The van der Waals surface area contributed by atoms with Gasteiger partial charge < -0.3 is 25.3 Å². The molecule has 29 heavy (non-hydrogen) atoms. The molecule has 3 fully saturated rings. The number of rotatable bonds is 6. The van der Waals surface area contributed by atoms with Gasteiger partial charge in [-0.05, 0) is 38.8 Å². The molecule has 0 aromatic carbocycles. The number of likely N-dealkylation sites (tertiary alicyclic amines) is 1. The van der Waals surface area contributed by atoms with Gasteiger partial charge in [0.25, 0.3) is 0 Å². The van der Waals surface area contributed by atoms with Crippen molar-refractivity contribution in [1.82, 2.24) is 15.1 Å². The Balaban J connectivity index is 1.39. The van der Waals surface area contributed by atoms with Crippen LogP contribution in [0.5, 0.6) is 0 Å². The summed E-state index contributed by atoms with van der Waals surface area (Å²) in [4.78, 5) is 28.9. The van der Waals surface area contributed by atoms with Crippen LogP contribution in [0.15, 0.2) is 22.9 Å². The van der Waals surface area contributed by atoms with Crippen LogP contribution in [0.3, 0.4) is 0 Å². The summed E-state index contributed by atoms with van der Waals surface area (Å²) in [5.74, 6) is -1.87. The lowest BCUT2D eigenvalue weighted by Gasteiger charge is -2.46. The highest BCUT2D eigenvalue weighted by Gasteiger charge is 2.60. The van der Waals surface area contributed by atoms with Crippen molar-refractivity contribution in [2.45, 2.75) is 63.0 Å². The summed E-state index contributed by atoms with van der Waals surface area (Å²) < 4.78 is 0. The Morgan fingerprint density at radius 2 is 2.03 bits per heavy atom. The van der Waals surface area contributed by atoms with Gasteiger partial charge in [0.15, 0.2) is 0 Å². The van der Waals surface area contributed by atoms with E-state index in [9.17, 15) is 19.8 Å². The number of carbonyl (C=O) groups is 2. The standard InChI is InChI=1S/C21H31N3O4S/c1-12-17-16(13(2)25)20(26)24(17)18(21(27)28)19(12)29-15-6-5-14(22-11-15)7-10-23-8-3-4-9-23/h7,10,12-17,22,25H,3-6,8-9,11H2,1-2H3,(H,27,28)/b10-7+/t12?,13-,14?,15?,16-,17?/m1/s1. The molecule has 8 heteroatoms. The molecule has 3 saturated heterocycles. The first kappa shape index (κ1) is 20.8. The molecule has 4 aliphatic heterocycles. The summed E-state index contributed by atoms with van der Waals surface area (Å²) in [5.41, 5.74) is 0.130. The first-order valence-corrected chi connectivity index (χ1v) is 11.6. The van der Waals surface area contributed by atoms with Gasteiger partial charge in [0.05, 0.1) is 18.1 Å². The Bertz CT molecular complexity index is 723. The lowest BCUT2D eigenvalue weighted by molar-refractivity contribution is -0.163. The van der Waals surface area contributed by atoms with Crippen LogP contribution >= 0.6 is 11.8 Å². The molecule has 0 aliphatic carbocycles. The quantitative estimate of drug-likeness (QED) is 0.561. The molecular weight excluding hydrogens is 390 g/mol. The summed E-state index contributed by atoms with van der Waals surface area (Å²) >= 11 is 1.61. The van der Waals surface area contributed by atoms with Crippen molar-refractivity contribution in [2.75, 3.05) is 19.6 Å². The van der Waals surface area contributed by atoms with Crippen molar-refractivity contribution < 1.29 is 19.8 Å². The number of aliphatic carboxylic acids is 1. The summed E-state index contributed by atoms with van der Waals surface area (Å²) in [7, 11) is 0. The largest absolute Gasteiger partial charge is 0.477 e. The third kappa shape index (κ3) is 3.82. The van der Waals surface area contributed by atoms with Crippen LogP contribution in [0.25, 0.3) is 0 Å². The zero-order valence-corrected chi connectivity index (χ0v) is 17.9. The number of aliphatic hydroxyl groups is 1. The van der Waals surface area contributed by atoms with E-state index < -0.39 is 18.0 Å². The van der Waals surface area contributed by atoms with E-state index in [1.807, 2.05) is 6.92 Å². The van der Waals surface area contributed by atoms with Gasteiger partial charge in [0.2, 0.25) is 5.91 Å². The molecule has 0 bridgehead atoms. The van der Waals surface area contributed by atoms with E-state index in [1.54, 1.807) is 18.7 Å². The Hall–Kier alpha value is -1.51. The summed E-state index contributed by atoms with van der Waals surface area (Å²) in [6, 6.07) is 0.131. The van der Waals surface area contributed by atoms with E-state index in [4.69, 9.17) is 0 Å². The van der Waals surface area contributed by atoms with Gasteiger partial charge in [0.1, 0.15) is 5.70 Å². The number of β-lactam (4-membered cyclic amide) rings is 1. The van der Waals surface area contributed by atoms with Gasteiger partial charge in [-0.2, -0.15) is 0 Å². The van der Waals surface area contributed by atoms with E-state index >= 15 is 0 Å². The first-order valence-electron chi connectivity index (χ1n) is 10.7. The van der Waals surface area contributed by atoms with Crippen molar-refractivity contribution in [1.29, 1.82) is 0 Å². The van der Waals surface area contributed by atoms with E-state index in [2.05, 4.69) is 22.5 Å². The van der Waals surface area contributed by atoms with Gasteiger partial charge >= 0.3 is 5.97 Å². The number of fused-ring (bicyclic) bond motifs is 1. The fourth-order valence-electron chi connectivity index (χ4n) is 5.09. The second-order valence-electron chi connectivity index (χ2n) is 8.69. The molecular formula is C21H31N3O4S. The van der Waals surface area contributed by atoms with Crippen molar-refractivity contribution in [3.8, 4) is 0 Å². The van der Waals surface area contributed by atoms with Crippen LogP contribution in [-0.2, 0) is 9.59 Å². The van der Waals surface area contributed by atoms with Crippen molar-refractivity contribution >= 4 is 23.6 Å². The predicted octanol–water partition coefficient (Wildman–Crippen LogP) is 1.60. The fourth-order valence-corrected chi connectivity index (χ4v) is 6.54. The summed E-state index contributed by atoms with van der Waals surface area (Å²) in [5, 5.41) is 23.6. The number of hydrogen-bond acceptors (Lipinski definition) is 6. The maximum atomic E-state index is 12.4. The Labute approximate surface area is 176 Å². The Morgan fingerprint density at radius 1 is 1.31 bits per heavy atom. The number of nitrogens with one attached hydrogen (secondary N) is 1. The topological polar surface area (TPSA) is 93.1 Å². The average Bonchev–Trinajstić information content (AvgIpc) is 3.27. The van der Waals surface area contributed by atoms with Crippen LogP contribution in [0.2, 0.25) is 0 Å². The Morgan fingerprint density at radius 3 is 2.62 bits per heavy atom. The molecule has 0 aromatic heterocycles. The van der Waals surface area contributed by atoms with E-state index in [1.165, 1.54) is 17.7 Å². The number of carboxylic acids is 1. The number of thioether (sulfide) groups is 1. The SMILES string of the molecule is CC1C(SC2CCC(/C=C/N3CCCC3)NC2)=C(C(=O)O)N2C(=O)[C@H]([C@@H](C)O)C12. The minimum absolute atomic E-state index is 0.0591. The molecule has 4 heterocycles. The summed E-state index contributed by atoms with van der Waals surface area (Å²) in [6.45, 7) is 6.71. The zero-order chi connectivity index (χ0) is 20.7. The highest BCUT2D eigenvalue weighted by Crippen LogP contribution is 2.51. The van der Waals surface area contributed by atoms with Crippen LogP contribution in [0.4, 0.5) is 0 Å². The molecule has 0 radical (unpaired) electrons. The Kier molecular flexibility index (Phi) is 5.95. The van der Waals surface area contributed by atoms with Crippen LogP contribution in [0.1, 0.15) is 39.5 Å². The number of carbonyl (C=O) groups excluding carboxylic acids is 1. The number of aliphatic hydroxyl groups excluding tert-OH is 1. The highest BCUT2D eigenvalue weighted by atomic mass is 32.2. The zero-order valence-electron chi connectivity index (χ0n) is 17.1. The minimum Gasteiger partial charge on any atom is -0.477 e. The van der Waals surface area contributed by atoms with E-state index in [-0.39, 0.29) is 28.8 Å². The molecule has 4 rings (SSSR count). The summed E-state index contributed by atoms with van der Waals surface area (Å²) in [6.07, 6.45) is 8.29. The lowest BCUT2D eigenvalue weighted by atomic mass is 9.79. The fraction of sp³-hybridized carbons (Fsp3) is 0.714. The van der Waals surface area contributed by atoms with Crippen molar-refractivity contribution in [2.24, 2.45) is 11.8 Å². The molecule has 0 aromatic rings. The third-order valence-corrected chi connectivity index (χ3v) is 8.24. The number of piperidine rings is 1. The smallest absolute Gasteiger partial charge is 0.353 e. The number of amides is 1. The number of carboxylic acid groups (broad SMARTS) is 1. The average molecular weight is 422 g/mol. The molecule has 7 nitrogen and oxygen atoms in total. The van der Waals surface area contributed by atoms with Crippen molar-refractivity contribution in [3.05, 3.63) is 22.9 Å².